The summed E-state index contributed by atoms with van der Waals surface area (Å²) in [5.41, 5.74) is 2.09. The van der Waals surface area contributed by atoms with Crippen LogP contribution in [0.25, 0.3) is 11.4 Å². The van der Waals surface area contributed by atoms with Crippen molar-refractivity contribution < 1.29 is 9.26 Å². The summed E-state index contributed by atoms with van der Waals surface area (Å²) in [7, 11) is 1.65. The Morgan fingerprint density at radius 3 is 2.71 bits per heavy atom. The standard InChI is InChI=1S/C18H18BrN3O2/c1-12(14-8-9-16(23-2)15(19)10-14)20-11-17-21-18(22-24-17)13-6-4-3-5-7-13/h3-10,12,20H,11H2,1-2H3/t12-/m0/s1. The van der Waals surface area contributed by atoms with Crippen molar-refractivity contribution >= 4 is 15.9 Å². The highest BCUT2D eigenvalue weighted by Crippen LogP contribution is 2.28. The lowest BCUT2D eigenvalue weighted by molar-refractivity contribution is 0.360. The summed E-state index contributed by atoms with van der Waals surface area (Å²) in [4.78, 5) is 4.42. The Labute approximate surface area is 149 Å². The Morgan fingerprint density at radius 1 is 1.21 bits per heavy atom. The maximum Gasteiger partial charge on any atom is 0.240 e. The molecular weight excluding hydrogens is 370 g/mol. The molecule has 1 heterocycles. The molecule has 0 fully saturated rings. The van der Waals surface area contributed by atoms with Crippen LogP contribution in [0, 0.1) is 0 Å². The summed E-state index contributed by atoms with van der Waals surface area (Å²) < 4.78 is 11.5. The van der Waals surface area contributed by atoms with Crippen molar-refractivity contribution in [1.29, 1.82) is 0 Å². The molecule has 0 aliphatic rings. The van der Waals surface area contributed by atoms with Crippen LogP contribution in [0.5, 0.6) is 5.75 Å². The Morgan fingerprint density at radius 2 is 2.00 bits per heavy atom. The number of ether oxygens (including phenoxy) is 1. The fraction of sp³-hybridized carbons (Fsp3) is 0.222. The number of halogens is 1. The topological polar surface area (TPSA) is 60.2 Å². The summed E-state index contributed by atoms with van der Waals surface area (Å²) >= 11 is 3.51. The number of nitrogens with one attached hydrogen (secondary N) is 1. The summed E-state index contributed by atoms with van der Waals surface area (Å²) in [6.07, 6.45) is 0. The molecule has 0 aliphatic heterocycles. The van der Waals surface area contributed by atoms with E-state index in [1.165, 1.54) is 0 Å². The van der Waals surface area contributed by atoms with Gasteiger partial charge in [0.05, 0.1) is 18.1 Å². The molecule has 24 heavy (non-hydrogen) atoms. The first-order chi connectivity index (χ1) is 11.7. The highest BCUT2D eigenvalue weighted by molar-refractivity contribution is 9.10. The van der Waals surface area contributed by atoms with Gasteiger partial charge in [0.2, 0.25) is 11.7 Å². The van der Waals surface area contributed by atoms with Gasteiger partial charge in [0, 0.05) is 11.6 Å². The van der Waals surface area contributed by atoms with Crippen molar-refractivity contribution in [1.82, 2.24) is 15.5 Å². The SMILES string of the molecule is COc1ccc([C@H](C)NCc2nc(-c3ccccc3)no2)cc1Br. The Bertz CT molecular complexity index is 805. The lowest BCUT2D eigenvalue weighted by atomic mass is 10.1. The Hall–Kier alpha value is -2.18. The molecule has 3 aromatic rings. The Balaban J connectivity index is 1.63. The molecular formula is C18H18BrN3O2. The summed E-state index contributed by atoms with van der Waals surface area (Å²) in [6.45, 7) is 2.59. The van der Waals surface area contributed by atoms with Crippen molar-refractivity contribution in [3.63, 3.8) is 0 Å². The minimum atomic E-state index is 0.138. The van der Waals surface area contributed by atoms with E-state index < -0.39 is 0 Å². The van der Waals surface area contributed by atoms with Gasteiger partial charge >= 0.3 is 0 Å². The lowest BCUT2D eigenvalue weighted by Gasteiger charge is -2.14. The van der Waals surface area contributed by atoms with E-state index >= 15 is 0 Å². The van der Waals surface area contributed by atoms with Crippen molar-refractivity contribution in [2.45, 2.75) is 19.5 Å². The minimum absolute atomic E-state index is 0.138. The number of methoxy groups -OCH3 is 1. The van der Waals surface area contributed by atoms with Crippen LogP contribution in [0.2, 0.25) is 0 Å². The summed E-state index contributed by atoms with van der Waals surface area (Å²) in [5, 5.41) is 7.41. The van der Waals surface area contributed by atoms with E-state index in [1.807, 2.05) is 48.5 Å². The molecule has 124 valence electrons. The molecule has 0 bridgehead atoms. The minimum Gasteiger partial charge on any atom is -0.496 e. The number of hydrogen-bond donors (Lipinski definition) is 1. The monoisotopic (exact) mass is 387 g/mol. The average molecular weight is 388 g/mol. The number of aromatic nitrogens is 2. The van der Waals surface area contributed by atoms with Gasteiger partial charge in [-0.15, -0.1) is 0 Å². The predicted molar refractivity (Wildman–Crippen MR) is 95.7 cm³/mol. The molecule has 6 heteroatoms. The third kappa shape index (κ3) is 3.83. The molecule has 1 aromatic heterocycles. The molecule has 2 aromatic carbocycles. The van der Waals surface area contributed by atoms with Gasteiger partial charge in [-0.05, 0) is 40.5 Å². The van der Waals surface area contributed by atoms with Crippen molar-refractivity contribution in [2.75, 3.05) is 7.11 Å². The molecule has 1 atom stereocenters. The van der Waals surface area contributed by atoms with Crippen LogP contribution in [0.4, 0.5) is 0 Å². The summed E-state index contributed by atoms with van der Waals surface area (Å²) in [5.74, 6) is 1.98. The molecule has 3 rings (SSSR count). The second-order valence-corrected chi connectivity index (χ2v) is 6.23. The van der Waals surface area contributed by atoms with Gasteiger partial charge in [-0.3, -0.25) is 0 Å². The number of nitrogens with zero attached hydrogens (tertiary/aromatic N) is 2. The van der Waals surface area contributed by atoms with E-state index in [0.717, 1.165) is 21.3 Å². The number of hydrogen-bond acceptors (Lipinski definition) is 5. The van der Waals surface area contributed by atoms with E-state index in [-0.39, 0.29) is 6.04 Å². The van der Waals surface area contributed by atoms with Crippen LogP contribution in [0.1, 0.15) is 24.4 Å². The molecule has 1 N–H and O–H groups in total. The third-order valence-electron chi connectivity index (χ3n) is 3.74. The fourth-order valence-electron chi connectivity index (χ4n) is 2.34. The zero-order valence-electron chi connectivity index (χ0n) is 13.5. The van der Waals surface area contributed by atoms with Gasteiger partial charge in [0.15, 0.2) is 0 Å². The van der Waals surface area contributed by atoms with Crippen LogP contribution in [0.3, 0.4) is 0 Å². The summed E-state index contributed by atoms with van der Waals surface area (Å²) in [6, 6.07) is 15.9. The maximum absolute atomic E-state index is 5.31. The molecule has 0 unspecified atom stereocenters. The van der Waals surface area contributed by atoms with Crippen LogP contribution < -0.4 is 10.1 Å². The van der Waals surface area contributed by atoms with Crippen molar-refractivity contribution in [3.05, 3.63) is 64.5 Å². The van der Waals surface area contributed by atoms with Gasteiger partial charge in [-0.2, -0.15) is 4.98 Å². The zero-order chi connectivity index (χ0) is 16.9. The first kappa shape index (κ1) is 16.7. The van der Waals surface area contributed by atoms with Crippen molar-refractivity contribution in [2.24, 2.45) is 0 Å². The second kappa shape index (κ2) is 7.59. The highest BCUT2D eigenvalue weighted by atomic mass is 79.9. The molecule has 0 radical (unpaired) electrons. The van der Waals surface area contributed by atoms with Gasteiger partial charge in [-0.1, -0.05) is 41.6 Å². The molecule has 0 amide bonds. The number of rotatable bonds is 6. The first-order valence-electron chi connectivity index (χ1n) is 7.62. The van der Waals surface area contributed by atoms with Gasteiger partial charge in [-0.25, -0.2) is 0 Å². The van der Waals surface area contributed by atoms with E-state index in [0.29, 0.717) is 18.3 Å². The fourth-order valence-corrected chi connectivity index (χ4v) is 2.90. The zero-order valence-corrected chi connectivity index (χ0v) is 15.1. The molecule has 0 saturated carbocycles. The van der Waals surface area contributed by atoms with E-state index in [2.05, 4.69) is 38.3 Å². The Kier molecular flexibility index (Phi) is 5.27. The van der Waals surface area contributed by atoms with Gasteiger partial charge in [0.1, 0.15) is 5.75 Å². The molecule has 0 aliphatic carbocycles. The van der Waals surface area contributed by atoms with E-state index in [4.69, 9.17) is 9.26 Å². The van der Waals surface area contributed by atoms with Gasteiger partial charge in [0.25, 0.3) is 0 Å². The van der Waals surface area contributed by atoms with E-state index in [1.54, 1.807) is 7.11 Å². The predicted octanol–water partition coefficient (Wildman–Crippen LogP) is 4.36. The maximum atomic E-state index is 5.31. The first-order valence-corrected chi connectivity index (χ1v) is 8.41. The van der Waals surface area contributed by atoms with Gasteiger partial charge < -0.3 is 14.6 Å². The van der Waals surface area contributed by atoms with Crippen LogP contribution in [0.15, 0.2) is 57.5 Å². The normalized spacial score (nSPS) is 12.1. The third-order valence-corrected chi connectivity index (χ3v) is 4.36. The largest absolute Gasteiger partial charge is 0.496 e. The highest BCUT2D eigenvalue weighted by Gasteiger charge is 2.12. The average Bonchev–Trinajstić information content (AvgIpc) is 3.09. The number of benzene rings is 2. The van der Waals surface area contributed by atoms with Crippen molar-refractivity contribution in [3.8, 4) is 17.1 Å². The van der Waals surface area contributed by atoms with E-state index in [9.17, 15) is 0 Å². The van der Waals surface area contributed by atoms with Crippen LogP contribution in [-0.2, 0) is 6.54 Å². The molecule has 5 nitrogen and oxygen atoms in total. The molecule has 0 spiro atoms. The lowest BCUT2D eigenvalue weighted by Crippen LogP contribution is -2.18. The molecule has 0 saturated heterocycles. The quantitative estimate of drug-likeness (QED) is 0.680. The van der Waals surface area contributed by atoms with Crippen LogP contribution >= 0.6 is 15.9 Å². The van der Waals surface area contributed by atoms with Crippen LogP contribution in [-0.4, -0.2) is 17.3 Å². The second-order valence-electron chi connectivity index (χ2n) is 5.37. The smallest absolute Gasteiger partial charge is 0.240 e.